The van der Waals surface area contributed by atoms with Crippen molar-refractivity contribution >= 4 is 12.4 Å². The fraction of sp³-hybridized carbons (Fsp3) is 0.556. The van der Waals surface area contributed by atoms with E-state index in [1.54, 1.807) is 6.26 Å². The van der Waals surface area contributed by atoms with E-state index in [9.17, 15) is 0 Å². The number of hydrogen-bond donors (Lipinski definition) is 1. The van der Waals surface area contributed by atoms with E-state index in [2.05, 4.69) is 20.8 Å². The summed E-state index contributed by atoms with van der Waals surface area (Å²) in [5.74, 6) is 0.859. The highest BCUT2D eigenvalue weighted by molar-refractivity contribution is 5.85. The summed E-state index contributed by atoms with van der Waals surface area (Å²) in [7, 11) is 0. The van der Waals surface area contributed by atoms with Crippen LogP contribution in [0.25, 0.3) is 0 Å². The topological polar surface area (TPSA) is 39.2 Å². The van der Waals surface area contributed by atoms with Crippen LogP contribution in [0.4, 0.5) is 0 Å². The molecule has 1 heterocycles. The highest BCUT2D eigenvalue weighted by Crippen LogP contribution is 2.30. The van der Waals surface area contributed by atoms with E-state index >= 15 is 0 Å². The minimum absolute atomic E-state index is 0. The molecule has 3 heteroatoms. The van der Waals surface area contributed by atoms with E-state index in [1.807, 2.05) is 12.1 Å². The normalized spacial score (nSPS) is 13.7. The minimum Gasteiger partial charge on any atom is -0.468 e. The van der Waals surface area contributed by atoms with Gasteiger partial charge in [-0.3, -0.25) is 0 Å². The molecule has 0 aromatic carbocycles. The van der Waals surface area contributed by atoms with Crippen molar-refractivity contribution in [3.05, 3.63) is 24.2 Å². The third kappa shape index (κ3) is 2.54. The van der Waals surface area contributed by atoms with Gasteiger partial charge in [-0.2, -0.15) is 0 Å². The smallest absolute Gasteiger partial charge is 0.120 e. The average Bonchev–Trinajstić information content (AvgIpc) is 2.34. The zero-order valence-corrected chi connectivity index (χ0v) is 8.52. The van der Waals surface area contributed by atoms with Gasteiger partial charge in [-0.25, -0.2) is 0 Å². The van der Waals surface area contributed by atoms with Crippen molar-refractivity contribution in [2.75, 3.05) is 0 Å². The summed E-state index contributed by atoms with van der Waals surface area (Å²) in [6.45, 7) is 6.29. The summed E-state index contributed by atoms with van der Waals surface area (Å²) in [5.41, 5.74) is 5.99. The molecule has 2 nitrogen and oxygen atoms in total. The highest BCUT2D eigenvalue weighted by Gasteiger charge is 2.23. The van der Waals surface area contributed by atoms with Crippen molar-refractivity contribution in [1.82, 2.24) is 0 Å². The van der Waals surface area contributed by atoms with Gasteiger partial charge in [0.05, 0.1) is 12.3 Å². The Morgan fingerprint density at radius 2 is 2.00 bits per heavy atom. The zero-order chi connectivity index (χ0) is 8.48. The standard InChI is InChI=1S/C9H15NO.ClH/c1-9(2,3)8(10)7-5-4-6-11-7;/h4-6,8H,10H2,1-3H3;1H/t8-;/m1./s1. The molecule has 0 fully saturated rings. The lowest BCUT2D eigenvalue weighted by atomic mass is 9.86. The molecule has 0 saturated heterocycles. The predicted octanol–water partition coefficient (Wildman–Crippen LogP) is 2.75. The maximum absolute atomic E-state index is 5.92. The van der Waals surface area contributed by atoms with Gasteiger partial charge in [0.1, 0.15) is 5.76 Å². The van der Waals surface area contributed by atoms with Crippen molar-refractivity contribution in [3.63, 3.8) is 0 Å². The largest absolute Gasteiger partial charge is 0.468 e. The van der Waals surface area contributed by atoms with Crippen LogP contribution in [0.2, 0.25) is 0 Å². The molecule has 0 aliphatic carbocycles. The van der Waals surface area contributed by atoms with Gasteiger partial charge in [-0.15, -0.1) is 12.4 Å². The first kappa shape index (κ1) is 11.5. The number of rotatable bonds is 1. The summed E-state index contributed by atoms with van der Waals surface area (Å²) in [6.07, 6.45) is 1.65. The third-order valence-corrected chi connectivity index (χ3v) is 1.78. The van der Waals surface area contributed by atoms with Crippen molar-refractivity contribution < 1.29 is 4.42 Å². The number of hydrogen-bond acceptors (Lipinski definition) is 2. The Morgan fingerprint density at radius 3 is 2.33 bits per heavy atom. The van der Waals surface area contributed by atoms with Crippen LogP contribution in [-0.4, -0.2) is 0 Å². The van der Waals surface area contributed by atoms with Gasteiger partial charge in [0, 0.05) is 0 Å². The molecule has 0 spiro atoms. The molecule has 1 rings (SSSR count). The number of furan rings is 1. The maximum Gasteiger partial charge on any atom is 0.120 e. The lowest BCUT2D eigenvalue weighted by molar-refractivity contribution is 0.285. The molecule has 0 aliphatic rings. The van der Waals surface area contributed by atoms with Gasteiger partial charge in [-0.1, -0.05) is 20.8 Å². The van der Waals surface area contributed by atoms with Gasteiger partial charge < -0.3 is 10.2 Å². The van der Waals surface area contributed by atoms with E-state index in [4.69, 9.17) is 10.2 Å². The summed E-state index contributed by atoms with van der Waals surface area (Å²) >= 11 is 0. The Bertz CT molecular complexity index is 213. The predicted molar refractivity (Wildman–Crippen MR) is 52.3 cm³/mol. The molecule has 1 atom stereocenters. The SMILES string of the molecule is CC(C)(C)[C@H](N)c1ccco1.Cl. The van der Waals surface area contributed by atoms with Gasteiger partial charge in [0.2, 0.25) is 0 Å². The van der Waals surface area contributed by atoms with Crippen molar-refractivity contribution in [2.45, 2.75) is 26.8 Å². The maximum atomic E-state index is 5.92. The van der Waals surface area contributed by atoms with Crippen LogP contribution in [0.15, 0.2) is 22.8 Å². The quantitative estimate of drug-likeness (QED) is 0.738. The second-order valence-electron chi connectivity index (χ2n) is 3.86. The van der Waals surface area contributed by atoms with E-state index in [1.165, 1.54) is 0 Å². The molecule has 0 amide bonds. The zero-order valence-electron chi connectivity index (χ0n) is 7.70. The van der Waals surface area contributed by atoms with Crippen LogP contribution in [-0.2, 0) is 0 Å². The summed E-state index contributed by atoms with van der Waals surface area (Å²) in [6, 6.07) is 3.76. The van der Waals surface area contributed by atoms with Crippen LogP contribution in [0, 0.1) is 5.41 Å². The minimum atomic E-state index is -0.0162. The Kier molecular flexibility index (Phi) is 3.81. The summed E-state index contributed by atoms with van der Waals surface area (Å²) in [4.78, 5) is 0. The lowest BCUT2D eigenvalue weighted by Crippen LogP contribution is -2.25. The molecular weight excluding hydrogens is 174 g/mol. The number of nitrogens with two attached hydrogens (primary N) is 1. The molecule has 70 valence electrons. The van der Waals surface area contributed by atoms with Crippen LogP contribution < -0.4 is 5.73 Å². The first-order valence-corrected chi connectivity index (χ1v) is 3.81. The van der Waals surface area contributed by atoms with Crippen molar-refractivity contribution in [1.29, 1.82) is 0 Å². The first-order chi connectivity index (χ1) is 5.02. The molecule has 1 aromatic rings. The van der Waals surface area contributed by atoms with E-state index < -0.39 is 0 Å². The average molecular weight is 190 g/mol. The van der Waals surface area contributed by atoms with Gasteiger partial charge in [0.15, 0.2) is 0 Å². The van der Waals surface area contributed by atoms with Crippen molar-refractivity contribution in [3.8, 4) is 0 Å². The fourth-order valence-corrected chi connectivity index (χ4v) is 0.895. The first-order valence-electron chi connectivity index (χ1n) is 3.81. The summed E-state index contributed by atoms with van der Waals surface area (Å²) in [5, 5.41) is 0. The molecule has 2 N–H and O–H groups in total. The lowest BCUT2D eigenvalue weighted by Gasteiger charge is -2.24. The van der Waals surface area contributed by atoms with Gasteiger partial charge >= 0.3 is 0 Å². The van der Waals surface area contributed by atoms with E-state index in [0.29, 0.717) is 0 Å². The molecule has 0 aliphatic heterocycles. The molecule has 12 heavy (non-hydrogen) atoms. The highest BCUT2D eigenvalue weighted by atomic mass is 35.5. The molecule has 0 unspecified atom stereocenters. The molecule has 0 radical (unpaired) electrons. The number of halogens is 1. The summed E-state index contributed by atoms with van der Waals surface area (Å²) < 4.78 is 5.20. The Balaban J connectivity index is 0.00000121. The van der Waals surface area contributed by atoms with Crippen LogP contribution in [0.3, 0.4) is 0 Å². The Labute approximate surface area is 79.5 Å². The molecule has 1 aromatic heterocycles. The van der Waals surface area contributed by atoms with Gasteiger partial charge in [-0.05, 0) is 17.5 Å². The van der Waals surface area contributed by atoms with Gasteiger partial charge in [0.25, 0.3) is 0 Å². The fourth-order valence-electron chi connectivity index (χ4n) is 0.895. The molecule has 0 saturated carbocycles. The van der Waals surface area contributed by atoms with E-state index in [0.717, 1.165) is 5.76 Å². The monoisotopic (exact) mass is 189 g/mol. The van der Waals surface area contributed by atoms with Crippen molar-refractivity contribution in [2.24, 2.45) is 11.1 Å². The third-order valence-electron chi connectivity index (χ3n) is 1.78. The second kappa shape index (κ2) is 3.97. The van der Waals surface area contributed by atoms with Crippen LogP contribution >= 0.6 is 12.4 Å². The van der Waals surface area contributed by atoms with Crippen LogP contribution in [0.5, 0.6) is 0 Å². The molecule has 0 bridgehead atoms. The Morgan fingerprint density at radius 1 is 1.42 bits per heavy atom. The second-order valence-corrected chi connectivity index (χ2v) is 3.86. The molecular formula is C9H16ClNO. The Hall–Kier alpha value is -0.470. The van der Waals surface area contributed by atoms with Crippen LogP contribution in [0.1, 0.15) is 32.6 Å². The van der Waals surface area contributed by atoms with E-state index in [-0.39, 0.29) is 23.9 Å².